The minimum atomic E-state index is -1.09. The first-order chi connectivity index (χ1) is 19.2. The van der Waals surface area contributed by atoms with E-state index in [2.05, 4.69) is 31.1 Å². The maximum atomic E-state index is 14.5. The zero-order valence-electron chi connectivity index (χ0n) is 25.2. The van der Waals surface area contributed by atoms with Crippen molar-refractivity contribution < 1.29 is 29.0 Å². The van der Waals surface area contributed by atoms with Gasteiger partial charge in [-0.2, -0.15) is 0 Å². The Morgan fingerprint density at radius 1 is 1.12 bits per heavy atom. The monoisotopic (exact) mass is 568 g/mol. The van der Waals surface area contributed by atoms with Gasteiger partial charge in [-0.15, -0.1) is 0 Å². The fourth-order valence-electron chi connectivity index (χ4n) is 4.74. The molecule has 0 saturated carbocycles. The van der Waals surface area contributed by atoms with Crippen molar-refractivity contribution in [2.75, 3.05) is 31.7 Å². The van der Waals surface area contributed by atoms with E-state index in [4.69, 9.17) is 9.47 Å². The van der Waals surface area contributed by atoms with Crippen LogP contribution in [0.2, 0.25) is 0 Å². The van der Waals surface area contributed by atoms with Crippen molar-refractivity contribution in [1.29, 1.82) is 0 Å². The first kappa shape index (κ1) is 32.0. The number of aliphatic hydroxyl groups is 1. The van der Waals surface area contributed by atoms with Crippen LogP contribution in [0.5, 0.6) is 0 Å². The fraction of sp³-hybridized carbons (Fsp3) is 0.548. The molecule has 10 nitrogen and oxygen atoms in total. The van der Waals surface area contributed by atoms with Gasteiger partial charge in [0.25, 0.3) is 5.91 Å². The van der Waals surface area contributed by atoms with E-state index in [0.717, 1.165) is 5.56 Å². The third-order valence-electron chi connectivity index (χ3n) is 6.77. The van der Waals surface area contributed by atoms with Crippen LogP contribution >= 0.6 is 0 Å². The minimum Gasteiger partial charge on any atom is -0.444 e. The summed E-state index contributed by atoms with van der Waals surface area (Å²) in [5.74, 6) is -0.901. The van der Waals surface area contributed by atoms with E-state index in [-0.39, 0.29) is 18.4 Å². The van der Waals surface area contributed by atoms with Gasteiger partial charge in [0, 0.05) is 50.3 Å². The van der Waals surface area contributed by atoms with Crippen LogP contribution in [0.1, 0.15) is 71.6 Å². The van der Waals surface area contributed by atoms with Gasteiger partial charge < -0.3 is 19.9 Å². The molecule has 0 radical (unpaired) electrons. The van der Waals surface area contributed by atoms with Crippen LogP contribution in [0, 0.1) is 0 Å². The number of methoxy groups -OCH3 is 1. The van der Waals surface area contributed by atoms with Gasteiger partial charge in [0.2, 0.25) is 5.91 Å². The van der Waals surface area contributed by atoms with Crippen molar-refractivity contribution in [3.8, 4) is 0 Å². The molecule has 2 N–H and O–H groups in total. The van der Waals surface area contributed by atoms with Gasteiger partial charge in [0.1, 0.15) is 17.7 Å². The molecule has 3 amide bonds. The normalized spacial score (nSPS) is 18.1. The summed E-state index contributed by atoms with van der Waals surface area (Å²) in [7, 11) is 1.59. The van der Waals surface area contributed by atoms with E-state index >= 15 is 0 Å². The van der Waals surface area contributed by atoms with Gasteiger partial charge >= 0.3 is 6.09 Å². The highest BCUT2D eigenvalue weighted by molar-refractivity contribution is 6.04. The summed E-state index contributed by atoms with van der Waals surface area (Å²) in [6.45, 7) is 12.3. The number of likely N-dealkylation sites (tertiary alicyclic amines) is 1. The lowest BCUT2D eigenvalue weighted by Gasteiger charge is -2.36. The van der Waals surface area contributed by atoms with Crippen molar-refractivity contribution in [2.45, 2.75) is 83.6 Å². The number of anilines is 1. The Balaban J connectivity index is 2.10. The third kappa shape index (κ3) is 8.50. The maximum absolute atomic E-state index is 14.5. The second-order valence-corrected chi connectivity index (χ2v) is 12.4. The van der Waals surface area contributed by atoms with Gasteiger partial charge in [-0.05, 0) is 56.4 Å². The molecule has 224 valence electrons. The molecular formula is C31H44N4O6. The molecule has 1 aliphatic heterocycles. The largest absolute Gasteiger partial charge is 0.444 e. The second-order valence-electron chi connectivity index (χ2n) is 12.4. The molecule has 1 aromatic carbocycles. The van der Waals surface area contributed by atoms with E-state index < -0.39 is 41.7 Å². The quantitative estimate of drug-likeness (QED) is 0.439. The van der Waals surface area contributed by atoms with Gasteiger partial charge in [-0.1, -0.05) is 39.0 Å². The number of nitrogens with zero attached hydrogens (tertiary/aromatic N) is 3. The topological polar surface area (TPSA) is 121 Å². The number of aliphatic hydroxyl groups excluding tert-OH is 1. The first-order valence-corrected chi connectivity index (χ1v) is 14.0. The van der Waals surface area contributed by atoms with Crippen molar-refractivity contribution in [2.24, 2.45) is 0 Å². The maximum Gasteiger partial charge on any atom is 0.411 e. The highest BCUT2D eigenvalue weighted by Crippen LogP contribution is 2.33. The number of rotatable bonds is 9. The van der Waals surface area contributed by atoms with Crippen LogP contribution in [0.25, 0.3) is 0 Å². The Labute approximate surface area is 243 Å². The van der Waals surface area contributed by atoms with Crippen molar-refractivity contribution in [3.63, 3.8) is 0 Å². The van der Waals surface area contributed by atoms with E-state index in [1.54, 1.807) is 52.4 Å². The van der Waals surface area contributed by atoms with Crippen LogP contribution < -0.4 is 10.2 Å². The minimum absolute atomic E-state index is 0.0177. The number of ether oxygens (including phenoxy) is 2. The van der Waals surface area contributed by atoms with Gasteiger partial charge in [-0.3, -0.25) is 24.4 Å². The number of hydrogen-bond donors (Lipinski definition) is 2. The number of hydrogen-bond acceptors (Lipinski definition) is 7. The van der Waals surface area contributed by atoms with Crippen molar-refractivity contribution in [1.82, 2.24) is 15.2 Å². The number of carbonyl (C=O) groups is 3. The molecule has 0 aliphatic carbocycles. The summed E-state index contributed by atoms with van der Waals surface area (Å²) >= 11 is 0. The molecule has 1 aromatic heterocycles. The standard InChI is InChI=1S/C31H44N4O6/c1-30(2,3)22-11-13-23(14-12-22)35(26(21-10-8-15-32-19-21)27(37)33-16-9-17-40-7)28(38)25-18-24(36)20-34(25)29(39)41-31(4,5)6/h8,10-15,19,24-26,36H,9,16-18,20H2,1-7H3,(H,33,37)/t24-,25-,26?/m1/s1. The number of β-amino-alcohol motifs (C(OH)–C–C–N with tert-alkyl or cyclic N) is 1. The molecule has 1 unspecified atom stereocenters. The molecule has 2 aromatic rings. The predicted molar refractivity (Wildman–Crippen MR) is 156 cm³/mol. The SMILES string of the molecule is COCCCNC(=O)C(c1cccnc1)N(C(=O)[C@H]1C[C@@H](O)CN1C(=O)OC(C)(C)C)c1ccc(C(C)(C)C)cc1. The molecule has 3 rings (SSSR count). The summed E-state index contributed by atoms with van der Waals surface area (Å²) in [4.78, 5) is 48.3. The number of benzene rings is 1. The number of amides is 3. The van der Waals surface area contributed by atoms with Crippen LogP contribution in [0.4, 0.5) is 10.5 Å². The highest BCUT2D eigenvalue weighted by atomic mass is 16.6. The van der Waals surface area contributed by atoms with Gasteiger partial charge in [0.15, 0.2) is 0 Å². The molecule has 41 heavy (non-hydrogen) atoms. The van der Waals surface area contributed by atoms with E-state index in [1.807, 2.05) is 24.3 Å². The number of nitrogens with one attached hydrogen (secondary N) is 1. The average Bonchev–Trinajstić information content (AvgIpc) is 3.30. The summed E-state index contributed by atoms with van der Waals surface area (Å²) < 4.78 is 10.7. The number of pyridine rings is 1. The van der Waals surface area contributed by atoms with E-state index in [0.29, 0.717) is 30.8 Å². The molecule has 2 heterocycles. The first-order valence-electron chi connectivity index (χ1n) is 14.0. The third-order valence-corrected chi connectivity index (χ3v) is 6.77. The molecule has 1 fully saturated rings. The molecule has 1 aliphatic rings. The summed E-state index contributed by atoms with van der Waals surface area (Å²) in [5.41, 5.74) is 1.13. The average molecular weight is 569 g/mol. The lowest BCUT2D eigenvalue weighted by atomic mass is 9.87. The number of carbonyl (C=O) groups excluding carboxylic acids is 3. The van der Waals surface area contributed by atoms with Crippen molar-refractivity contribution >= 4 is 23.6 Å². The summed E-state index contributed by atoms with van der Waals surface area (Å²) in [5, 5.41) is 13.5. The van der Waals surface area contributed by atoms with Crippen molar-refractivity contribution in [3.05, 3.63) is 59.9 Å². The number of aromatic nitrogens is 1. The zero-order chi connectivity index (χ0) is 30.4. The molecule has 3 atom stereocenters. The van der Waals surface area contributed by atoms with Gasteiger partial charge in [-0.25, -0.2) is 4.79 Å². The smallest absolute Gasteiger partial charge is 0.411 e. The Morgan fingerprint density at radius 3 is 2.37 bits per heavy atom. The second kappa shape index (κ2) is 13.4. The molecule has 0 spiro atoms. The summed E-state index contributed by atoms with van der Waals surface area (Å²) in [6, 6.07) is 8.80. The zero-order valence-corrected chi connectivity index (χ0v) is 25.2. The van der Waals surface area contributed by atoms with Gasteiger partial charge in [0.05, 0.1) is 12.6 Å². The Bertz CT molecular complexity index is 1170. The Kier molecular flexibility index (Phi) is 10.5. The Hall–Kier alpha value is -3.50. The lowest BCUT2D eigenvalue weighted by Crippen LogP contribution is -2.52. The van der Waals surface area contributed by atoms with Crippen LogP contribution in [-0.2, 0) is 24.5 Å². The highest BCUT2D eigenvalue weighted by Gasteiger charge is 2.45. The van der Waals surface area contributed by atoms with E-state index in [1.165, 1.54) is 9.80 Å². The Morgan fingerprint density at radius 2 is 1.80 bits per heavy atom. The molecule has 1 saturated heterocycles. The lowest BCUT2D eigenvalue weighted by molar-refractivity contribution is -0.128. The van der Waals surface area contributed by atoms with Crippen LogP contribution in [0.3, 0.4) is 0 Å². The molecular weight excluding hydrogens is 524 g/mol. The van der Waals surface area contributed by atoms with Crippen LogP contribution in [0.15, 0.2) is 48.8 Å². The molecule has 0 bridgehead atoms. The van der Waals surface area contributed by atoms with E-state index in [9.17, 15) is 19.5 Å². The fourth-order valence-corrected chi connectivity index (χ4v) is 4.74. The predicted octanol–water partition coefficient (Wildman–Crippen LogP) is 3.98. The summed E-state index contributed by atoms with van der Waals surface area (Å²) in [6.07, 6.45) is 2.15. The molecule has 10 heteroatoms. The van der Waals surface area contributed by atoms with Crippen LogP contribution in [-0.4, -0.2) is 77.5 Å².